The molecule has 5 nitrogen and oxygen atoms in total. The molecule has 0 spiro atoms. The molecule has 19 heavy (non-hydrogen) atoms. The van der Waals surface area contributed by atoms with Gasteiger partial charge in [0.1, 0.15) is 17.2 Å². The first kappa shape index (κ1) is 14.1. The Morgan fingerprint density at radius 3 is 2.74 bits per heavy atom. The SMILES string of the molecule is CCC(NCc1ncnn1CC)c1nc(C)c(C)s1. The molecule has 2 aromatic heterocycles. The molecular formula is C13H21N5S. The molecule has 0 bridgehead atoms. The third kappa shape index (κ3) is 3.19. The molecule has 2 rings (SSSR count). The number of nitrogens with zero attached hydrogens (tertiary/aromatic N) is 4. The first-order valence-corrected chi connectivity index (χ1v) is 7.51. The van der Waals surface area contributed by atoms with Crippen molar-refractivity contribution in [1.82, 2.24) is 25.1 Å². The molecule has 2 heterocycles. The fourth-order valence-electron chi connectivity index (χ4n) is 1.96. The van der Waals surface area contributed by atoms with E-state index in [1.165, 1.54) is 9.88 Å². The highest BCUT2D eigenvalue weighted by Crippen LogP contribution is 2.24. The molecule has 0 aliphatic rings. The van der Waals surface area contributed by atoms with Crippen LogP contribution in [-0.4, -0.2) is 19.7 Å². The van der Waals surface area contributed by atoms with Gasteiger partial charge in [0.25, 0.3) is 0 Å². The van der Waals surface area contributed by atoms with Crippen LogP contribution in [0.1, 0.15) is 47.7 Å². The van der Waals surface area contributed by atoms with E-state index in [-0.39, 0.29) is 0 Å². The maximum absolute atomic E-state index is 4.64. The van der Waals surface area contributed by atoms with Crippen LogP contribution in [0.4, 0.5) is 0 Å². The molecule has 1 unspecified atom stereocenters. The second-order valence-electron chi connectivity index (χ2n) is 4.53. The summed E-state index contributed by atoms with van der Waals surface area (Å²) in [6.07, 6.45) is 2.63. The highest BCUT2D eigenvalue weighted by atomic mass is 32.1. The van der Waals surface area contributed by atoms with Crippen molar-refractivity contribution in [3.8, 4) is 0 Å². The Kier molecular flexibility index (Phi) is 4.66. The van der Waals surface area contributed by atoms with Gasteiger partial charge in [-0.1, -0.05) is 6.92 Å². The zero-order valence-electron chi connectivity index (χ0n) is 12.0. The maximum Gasteiger partial charge on any atom is 0.140 e. The van der Waals surface area contributed by atoms with E-state index in [0.717, 1.165) is 31.0 Å². The molecule has 0 fully saturated rings. The number of aryl methyl sites for hydroxylation is 3. The Labute approximate surface area is 118 Å². The van der Waals surface area contributed by atoms with Crippen molar-refractivity contribution in [2.45, 2.75) is 53.2 Å². The lowest BCUT2D eigenvalue weighted by Gasteiger charge is -2.14. The molecule has 6 heteroatoms. The van der Waals surface area contributed by atoms with Gasteiger partial charge in [-0.3, -0.25) is 0 Å². The summed E-state index contributed by atoms with van der Waals surface area (Å²) in [5.41, 5.74) is 1.14. The summed E-state index contributed by atoms with van der Waals surface area (Å²) in [7, 11) is 0. The van der Waals surface area contributed by atoms with Crippen LogP contribution in [0.25, 0.3) is 0 Å². The van der Waals surface area contributed by atoms with Gasteiger partial charge < -0.3 is 5.32 Å². The summed E-state index contributed by atoms with van der Waals surface area (Å²) < 4.78 is 1.91. The van der Waals surface area contributed by atoms with Crippen molar-refractivity contribution in [3.05, 3.63) is 27.7 Å². The molecular weight excluding hydrogens is 258 g/mol. The monoisotopic (exact) mass is 279 g/mol. The summed E-state index contributed by atoms with van der Waals surface area (Å²) in [5, 5.41) is 8.88. The molecule has 0 aliphatic carbocycles. The molecule has 0 saturated carbocycles. The number of aromatic nitrogens is 4. The van der Waals surface area contributed by atoms with E-state index in [0.29, 0.717) is 6.04 Å². The average molecular weight is 279 g/mol. The number of thiazole rings is 1. The van der Waals surface area contributed by atoms with Crippen LogP contribution in [0.15, 0.2) is 6.33 Å². The second-order valence-corrected chi connectivity index (χ2v) is 5.76. The van der Waals surface area contributed by atoms with Gasteiger partial charge >= 0.3 is 0 Å². The van der Waals surface area contributed by atoms with Crippen molar-refractivity contribution in [2.24, 2.45) is 0 Å². The molecule has 0 radical (unpaired) electrons. The lowest BCUT2D eigenvalue weighted by molar-refractivity contribution is 0.486. The summed E-state index contributed by atoms with van der Waals surface area (Å²) >= 11 is 1.78. The average Bonchev–Trinajstić information content (AvgIpc) is 2.98. The predicted molar refractivity (Wildman–Crippen MR) is 77.2 cm³/mol. The van der Waals surface area contributed by atoms with Crippen LogP contribution >= 0.6 is 11.3 Å². The Morgan fingerprint density at radius 1 is 1.37 bits per heavy atom. The summed E-state index contributed by atoms with van der Waals surface area (Å²) in [4.78, 5) is 10.2. The van der Waals surface area contributed by atoms with Gasteiger partial charge in [0.15, 0.2) is 0 Å². The van der Waals surface area contributed by atoms with Gasteiger partial charge in [-0.05, 0) is 27.2 Å². The van der Waals surface area contributed by atoms with E-state index >= 15 is 0 Å². The van der Waals surface area contributed by atoms with E-state index in [1.54, 1.807) is 17.7 Å². The minimum Gasteiger partial charge on any atom is -0.301 e. The maximum atomic E-state index is 4.64. The molecule has 0 aromatic carbocycles. The third-order valence-electron chi connectivity index (χ3n) is 3.25. The van der Waals surface area contributed by atoms with Crippen LogP contribution < -0.4 is 5.32 Å². The topological polar surface area (TPSA) is 55.6 Å². The molecule has 1 N–H and O–H groups in total. The first-order valence-electron chi connectivity index (χ1n) is 6.69. The Balaban J connectivity index is 2.04. The van der Waals surface area contributed by atoms with Crippen molar-refractivity contribution >= 4 is 11.3 Å². The largest absolute Gasteiger partial charge is 0.301 e. The third-order valence-corrected chi connectivity index (χ3v) is 4.44. The number of hydrogen-bond donors (Lipinski definition) is 1. The standard InChI is InChI=1S/C13H21N5S/c1-5-11(13-17-9(3)10(4)19-13)14-7-12-15-8-16-18(12)6-2/h8,11,14H,5-7H2,1-4H3. The zero-order chi connectivity index (χ0) is 13.8. The molecule has 1 atom stereocenters. The summed E-state index contributed by atoms with van der Waals surface area (Å²) in [6.45, 7) is 10.0. The van der Waals surface area contributed by atoms with E-state index in [1.807, 2.05) is 4.68 Å². The Morgan fingerprint density at radius 2 is 2.16 bits per heavy atom. The van der Waals surface area contributed by atoms with Gasteiger partial charge in [-0.25, -0.2) is 14.6 Å². The van der Waals surface area contributed by atoms with Crippen molar-refractivity contribution in [1.29, 1.82) is 0 Å². The van der Waals surface area contributed by atoms with Gasteiger partial charge in [-0.15, -0.1) is 11.3 Å². The minimum absolute atomic E-state index is 0.291. The smallest absolute Gasteiger partial charge is 0.140 e. The van der Waals surface area contributed by atoms with E-state index in [4.69, 9.17) is 0 Å². The van der Waals surface area contributed by atoms with Crippen LogP contribution in [0.3, 0.4) is 0 Å². The summed E-state index contributed by atoms with van der Waals surface area (Å²) in [6, 6.07) is 0.291. The number of rotatable bonds is 6. The van der Waals surface area contributed by atoms with E-state index in [2.05, 4.69) is 48.1 Å². The fourth-order valence-corrected chi connectivity index (χ4v) is 3.04. The highest BCUT2D eigenvalue weighted by Gasteiger charge is 2.15. The molecule has 104 valence electrons. The number of nitrogens with one attached hydrogen (secondary N) is 1. The Hall–Kier alpha value is -1.27. The van der Waals surface area contributed by atoms with E-state index in [9.17, 15) is 0 Å². The molecule has 0 amide bonds. The lowest BCUT2D eigenvalue weighted by atomic mass is 10.2. The van der Waals surface area contributed by atoms with Gasteiger partial charge in [-0.2, -0.15) is 5.10 Å². The minimum atomic E-state index is 0.291. The molecule has 2 aromatic rings. The summed E-state index contributed by atoms with van der Waals surface area (Å²) in [5.74, 6) is 0.978. The van der Waals surface area contributed by atoms with Crippen molar-refractivity contribution in [2.75, 3.05) is 0 Å². The lowest BCUT2D eigenvalue weighted by Crippen LogP contribution is -2.22. The number of hydrogen-bond acceptors (Lipinski definition) is 5. The van der Waals surface area contributed by atoms with Crippen LogP contribution in [-0.2, 0) is 13.1 Å². The van der Waals surface area contributed by atoms with Gasteiger partial charge in [0, 0.05) is 11.4 Å². The first-order chi connectivity index (χ1) is 9.15. The molecule has 0 saturated heterocycles. The van der Waals surface area contributed by atoms with Gasteiger partial charge in [0.2, 0.25) is 0 Å². The van der Waals surface area contributed by atoms with Crippen LogP contribution in [0, 0.1) is 13.8 Å². The normalized spacial score (nSPS) is 12.8. The van der Waals surface area contributed by atoms with Crippen LogP contribution in [0.5, 0.6) is 0 Å². The second kappa shape index (κ2) is 6.25. The predicted octanol–water partition coefficient (Wildman–Crippen LogP) is 2.61. The quantitative estimate of drug-likeness (QED) is 0.883. The van der Waals surface area contributed by atoms with Crippen molar-refractivity contribution in [3.63, 3.8) is 0 Å². The zero-order valence-corrected chi connectivity index (χ0v) is 12.8. The van der Waals surface area contributed by atoms with Gasteiger partial charge in [0.05, 0.1) is 18.3 Å². The van der Waals surface area contributed by atoms with Crippen molar-refractivity contribution < 1.29 is 0 Å². The highest BCUT2D eigenvalue weighted by molar-refractivity contribution is 7.11. The Bertz CT molecular complexity index is 511. The van der Waals surface area contributed by atoms with E-state index < -0.39 is 0 Å². The van der Waals surface area contributed by atoms with Crippen LogP contribution in [0.2, 0.25) is 0 Å². The molecule has 0 aliphatic heterocycles. The fraction of sp³-hybridized carbons (Fsp3) is 0.615.